The van der Waals surface area contributed by atoms with Crippen molar-refractivity contribution in [3.05, 3.63) is 35.9 Å². The molecule has 0 aliphatic carbocycles. The number of hydrogen-bond acceptors (Lipinski definition) is 3. The number of rotatable bonds is 6. The van der Waals surface area contributed by atoms with E-state index in [-0.39, 0.29) is 24.2 Å². The standard InChI is InChI=1S/C17H27N3O/c1-5-19(6-2)12-13(3)20-16(18-14(4)17(20)21)15-10-8-7-9-11-15/h7-11,13-14,16,18H,5-6,12H2,1-4H3. The van der Waals surface area contributed by atoms with Crippen LogP contribution in [0.5, 0.6) is 0 Å². The van der Waals surface area contributed by atoms with E-state index >= 15 is 0 Å². The average molecular weight is 289 g/mol. The van der Waals surface area contributed by atoms with Gasteiger partial charge in [0.2, 0.25) is 5.91 Å². The minimum Gasteiger partial charge on any atom is -0.318 e. The van der Waals surface area contributed by atoms with E-state index in [0.717, 1.165) is 25.2 Å². The molecule has 1 heterocycles. The lowest BCUT2D eigenvalue weighted by atomic mass is 10.1. The predicted molar refractivity (Wildman–Crippen MR) is 85.9 cm³/mol. The van der Waals surface area contributed by atoms with Crippen molar-refractivity contribution in [2.45, 2.75) is 45.9 Å². The zero-order chi connectivity index (χ0) is 15.4. The van der Waals surface area contributed by atoms with Crippen molar-refractivity contribution in [2.24, 2.45) is 0 Å². The topological polar surface area (TPSA) is 35.6 Å². The number of nitrogens with one attached hydrogen (secondary N) is 1. The number of hydrogen-bond donors (Lipinski definition) is 1. The highest BCUT2D eigenvalue weighted by Crippen LogP contribution is 2.27. The lowest BCUT2D eigenvalue weighted by molar-refractivity contribution is -0.132. The molecule has 0 aromatic heterocycles. The molecule has 1 amide bonds. The molecule has 1 aliphatic rings. The van der Waals surface area contributed by atoms with E-state index < -0.39 is 0 Å². The lowest BCUT2D eigenvalue weighted by Gasteiger charge is -2.33. The molecule has 0 spiro atoms. The van der Waals surface area contributed by atoms with Gasteiger partial charge >= 0.3 is 0 Å². The van der Waals surface area contributed by atoms with Gasteiger partial charge in [-0.3, -0.25) is 10.1 Å². The summed E-state index contributed by atoms with van der Waals surface area (Å²) in [5, 5.41) is 3.42. The van der Waals surface area contributed by atoms with Crippen LogP contribution in [0.4, 0.5) is 0 Å². The van der Waals surface area contributed by atoms with Gasteiger partial charge in [0.1, 0.15) is 6.17 Å². The van der Waals surface area contributed by atoms with E-state index in [0.29, 0.717) is 0 Å². The van der Waals surface area contributed by atoms with Gasteiger partial charge in [0.25, 0.3) is 0 Å². The fourth-order valence-electron chi connectivity index (χ4n) is 3.05. The number of amides is 1. The molecule has 3 unspecified atom stereocenters. The maximum Gasteiger partial charge on any atom is 0.241 e. The normalized spacial score (nSPS) is 23.9. The summed E-state index contributed by atoms with van der Waals surface area (Å²) in [5.41, 5.74) is 1.15. The molecule has 2 rings (SSSR count). The van der Waals surface area contributed by atoms with Gasteiger partial charge in [-0.2, -0.15) is 0 Å². The third-order valence-corrected chi connectivity index (χ3v) is 4.32. The van der Waals surface area contributed by atoms with Crippen LogP contribution >= 0.6 is 0 Å². The molecular formula is C17H27N3O. The number of benzene rings is 1. The van der Waals surface area contributed by atoms with Crippen LogP contribution in [0.1, 0.15) is 39.4 Å². The summed E-state index contributed by atoms with van der Waals surface area (Å²) in [7, 11) is 0. The Labute approximate surface area is 128 Å². The number of carbonyl (C=O) groups is 1. The molecule has 1 aromatic carbocycles. The summed E-state index contributed by atoms with van der Waals surface area (Å²) in [6.45, 7) is 11.4. The summed E-state index contributed by atoms with van der Waals surface area (Å²) in [6, 6.07) is 10.3. The molecule has 3 atom stereocenters. The molecule has 0 saturated carbocycles. The maximum absolute atomic E-state index is 12.5. The molecule has 0 radical (unpaired) electrons. The summed E-state index contributed by atoms with van der Waals surface area (Å²) in [6.07, 6.45) is -0.0146. The van der Waals surface area contributed by atoms with Crippen molar-refractivity contribution in [3.63, 3.8) is 0 Å². The van der Waals surface area contributed by atoms with E-state index in [4.69, 9.17) is 0 Å². The fourth-order valence-corrected chi connectivity index (χ4v) is 3.05. The molecule has 0 bridgehead atoms. The van der Waals surface area contributed by atoms with Gasteiger partial charge in [-0.05, 0) is 32.5 Å². The van der Waals surface area contributed by atoms with Crippen LogP contribution in [0.2, 0.25) is 0 Å². The van der Waals surface area contributed by atoms with Crippen LogP contribution in [-0.4, -0.2) is 47.4 Å². The van der Waals surface area contributed by atoms with Crippen LogP contribution in [0.3, 0.4) is 0 Å². The Morgan fingerprint density at radius 3 is 2.43 bits per heavy atom. The van der Waals surface area contributed by atoms with Crippen LogP contribution in [0.25, 0.3) is 0 Å². The third-order valence-electron chi connectivity index (χ3n) is 4.32. The molecule has 116 valence electrons. The van der Waals surface area contributed by atoms with Crippen molar-refractivity contribution in [1.29, 1.82) is 0 Å². The highest BCUT2D eigenvalue weighted by Gasteiger charge is 2.39. The first kappa shape index (κ1) is 16.0. The monoisotopic (exact) mass is 289 g/mol. The molecule has 4 nitrogen and oxygen atoms in total. The fraction of sp³-hybridized carbons (Fsp3) is 0.588. The molecule has 1 aliphatic heterocycles. The number of likely N-dealkylation sites (N-methyl/N-ethyl adjacent to an activating group) is 1. The van der Waals surface area contributed by atoms with E-state index in [2.05, 4.69) is 43.1 Å². The summed E-state index contributed by atoms with van der Waals surface area (Å²) >= 11 is 0. The van der Waals surface area contributed by atoms with Gasteiger partial charge in [0, 0.05) is 12.6 Å². The second-order valence-electron chi connectivity index (χ2n) is 5.78. The predicted octanol–water partition coefficient (Wildman–Crippen LogP) is 2.24. The van der Waals surface area contributed by atoms with Crippen molar-refractivity contribution in [2.75, 3.05) is 19.6 Å². The van der Waals surface area contributed by atoms with Crippen molar-refractivity contribution in [1.82, 2.24) is 15.1 Å². The summed E-state index contributed by atoms with van der Waals surface area (Å²) in [4.78, 5) is 16.9. The van der Waals surface area contributed by atoms with Crippen LogP contribution in [0, 0.1) is 0 Å². The molecule has 1 fully saturated rings. The van der Waals surface area contributed by atoms with Gasteiger partial charge < -0.3 is 9.80 Å². The molecular weight excluding hydrogens is 262 g/mol. The van der Waals surface area contributed by atoms with Gasteiger partial charge in [-0.1, -0.05) is 44.2 Å². The lowest BCUT2D eigenvalue weighted by Crippen LogP contribution is -2.45. The Hall–Kier alpha value is -1.39. The van der Waals surface area contributed by atoms with E-state index in [1.54, 1.807) is 0 Å². The van der Waals surface area contributed by atoms with Gasteiger partial charge in [0.15, 0.2) is 0 Å². The van der Waals surface area contributed by atoms with Gasteiger partial charge in [-0.15, -0.1) is 0 Å². The minimum atomic E-state index is -0.116. The number of nitrogens with zero attached hydrogens (tertiary/aromatic N) is 2. The van der Waals surface area contributed by atoms with Gasteiger partial charge in [0.05, 0.1) is 6.04 Å². The molecule has 1 saturated heterocycles. The second kappa shape index (κ2) is 7.05. The van der Waals surface area contributed by atoms with Crippen molar-refractivity contribution < 1.29 is 4.79 Å². The minimum absolute atomic E-state index is 0.0146. The van der Waals surface area contributed by atoms with E-state index in [1.165, 1.54) is 0 Å². The van der Waals surface area contributed by atoms with Crippen molar-refractivity contribution in [3.8, 4) is 0 Å². The quantitative estimate of drug-likeness (QED) is 0.872. The molecule has 4 heteroatoms. The SMILES string of the molecule is CCN(CC)CC(C)N1C(=O)C(C)NC1c1ccccc1. The highest BCUT2D eigenvalue weighted by molar-refractivity contribution is 5.84. The Morgan fingerprint density at radius 2 is 1.86 bits per heavy atom. The first-order valence-corrected chi connectivity index (χ1v) is 7.94. The number of carbonyl (C=O) groups excluding carboxylic acids is 1. The second-order valence-corrected chi connectivity index (χ2v) is 5.78. The smallest absolute Gasteiger partial charge is 0.241 e. The van der Waals surface area contributed by atoms with Crippen LogP contribution in [0.15, 0.2) is 30.3 Å². The average Bonchev–Trinajstić information content (AvgIpc) is 2.81. The zero-order valence-corrected chi connectivity index (χ0v) is 13.5. The Morgan fingerprint density at radius 1 is 1.24 bits per heavy atom. The van der Waals surface area contributed by atoms with E-state index in [9.17, 15) is 4.79 Å². The summed E-state index contributed by atoms with van der Waals surface area (Å²) < 4.78 is 0. The Bertz CT molecular complexity index is 458. The maximum atomic E-state index is 12.5. The molecule has 1 N–H and O–H groups in total. The van der Waals surface area contributed by atoms with Crippen LogP contribution in [-0.2, 0) is 4.79 Å². The third kappa shape index (κ3) is 3.44. The summed E-state index contributed by atoms with van der Waals surface area (Å²) in [5.74, 6) is 0.198. The molecule has 1 aromatic rings. The largest absolute Gasteiger partial charge is 0.318 e. The molecule has 21 heavy (non-hydrogen) atoms. The Kier molecular flexibility index (Phi) is 5.37. The first-order chi connectivity index (χ1) is 10.1. The Balaban J connectivity index is 2.19. The van der Waals surface area contributed by atoms with Gasteiger partial charge in [-0.25, -0.2) is 0 Å². The van der Waals surface area contributed by atoms with Crippen molar-refractivity contribution >= 4 is 5.91 Å². The van der Waals surface area contributed by atoms with Crippen LogP contribution < -0.4 is 5.32 Å². The zero-order valence-electron chi connectivity index (χ0n) is 13.5. The first-order valence-electron chi connectivity index (χ1n) is 7.94. The highest BCUT2D eigenvalue weighted by atomic mass is 16.2. The van der Waals surface area contributed by atoms with E-state index in [1.807, 2.05) is 30.0 Å².